The van der Waals surface area contributed by atoms with E-state index in [4.69, 9.17) is 5.73 Å². The number of hydrogen-bond donors (Lipinski definition) is 2. The highest BCUT2D eigenvalue weighted by Gasteiger charge is 2.31. The Morgan fingerprint density at radius 2 is 1.63 bits per heavy atom. The van der Waals surface area contributed by atoms with Gasteiger partial charge in [-0.2, -0.15) is 0 Å². The molecular weight excluding hydrogens is 348 g/mol. The fourth-order valence-corrected chi connectivity index (χ4v) is 3.58. The van der Waals surface area contributed by atoms with Crippen molar-refractivity contribution in [2.24, 2.45) is 0 Å². The molecule has 0 unspecified atom stereocenters. The van der Waals surface area contributed by atoms with Crippen LogP contribution in [0.3, 0.4) is 0 Å². The van der Waals surface area contributed by atoms with E-state index in [0.29, 0.717) is 11.3 Å². The molecule has 2 aliphatic heterocycles. The number of aromatic nitrogens is 1. The number of hydrogen-bond acceptors (Lipinski definition) is 5. The summed E-state index contributed by atoms with van der Waals surface area (Å²) in [5.74, 6) is -1.40. The molecule has 0 atom stereocenters. The summed E-state index contributed by atoms with van der Waals surface area (Å²) in [5, 5.41) is 2.13. The summed E-state index contributed by atoms with van der Waals surface area (Å²) in [6.45, 7) is 1.50. The van der Waals surface area contributed by atoms with Gasteiger partial charge in [0.2, 0.25) is 0 Å². The first-order valence-corrected chi connectivity index (χ1v) is 8.78. The second-order valence-corrected chi connectivity index (χ2v) is 6.67. The fraction of sp³-hybridized carbons (Fsp3) is 0.263. The van der Waals surface area contributed by atoms with Crippen molar-refractivity contribution in [3.05, 3.63) is 57.4 Å². The molecule has 0 spiro atoms. The summed E-state index contributed by atoms with van der Waals surface area (Å²) in [6, 6.07) is 7.58. The molecule has 2 aliphatic rings. The normalized spacial score (nSPS) is 16.2. The third kappa shape index (κ3) is 2.79. The topological polar surface area (TPSA) is 114 Å². The molecule has 4 rings (SSSR count). The van der Waals surface area contributed by atoms with E-state index in [-0.39, 0.29) is 22.9 Å². The lowest BCUT2D eigenvalue weighted by Gasteiger charge is -2.26. The summed E-state index contributed by atoms with van der Waals surface area (Å²) >= 11 is 0. The maximum Gasteiger partial charge on any atom is 0.262 e. The van der Waals surface area contributed by atoms with Gasteiger partial charge in [-0.15, -0.1) is 0 Å². The molecule has 1 aromatic carbocycles. The predicted molar refractivity (Wildman–Crippen MR) is 98.0 cm³/mol. The number of nitrogens with one attached hydrogen (secondary N) is 1. The number of benzene rings is 1. The Balaban J connectivity index is 1.70. The molecule has 27 heavy (non-hydrogen) atoms. The van der Waals surface area contributed by atoms with Crippen molar-refractivity contribution < 1.29 is 14.4 Å². The van der Waals surface area contributed by atoms with Crippen LogP contribution in [-0.4, -0.2) is 40.3 Å². The van der Waals surface area contributed by atoms with Crippen LogP contribution in [0.15, 0.2) is 35.1 Å². The number of nitrogens with two attached hydrogens (primary N) is 1. The average molecular weight is 366 g/mol. The highest BCUT2D eigenvalue weighted by Crippen LogP contribution is 2.23. The van der Waals surface area contributed by atoms with Crippen LogP contribution in [0.1, 0.15) is 50.3 Å². The fourth-order valence-electron chi connectivity index (χ4n) is 3.58. The molecular formula is C19H18N4O4. The van der Waals surface area contributed by atoms with Crippen molar-refractivity contribution in [2.45, 2.75) is 19.3 Å². The molecule has 0 bridgehead atoms. The van der Waals surface area contributed by atoms with E-state index in [9.17, 15) is 19.2 Å². The Hall–Kier alpha value is -3.42. The highest BCUT2D eigenvalue weighted by molar-refractivity contribution is 6.23. The van der Waals surface area contributed by atoms with Crippen LogP contribution in [0.25, 0.3) is 5.69 Å². The minimum atomic E-state index is -0.631. The zero-order chi connectivity index (χ0) is 19.1. The minimum Gasteiger partial charge on any atom is -0.384 e. The van der Waals surface area contributed by atoms with Gasteiger partial charge in [0.15, 0.2) is 0 Å². The van der Waals surface area contributed by atoms with Crippen LogP contribution >= 0.6 is 0 Å². The Morgan fingerprint density at radius 3 is 2.30 bits per heavy atom. The lowest BCUT2D eigenvalue weighted by Crippen LogP contribution is -2.35. The van der Waals surface area contributed by atoms with Crippen LogP contribution < -0.4 is 16.6 Å². The van der Waals surface area contributed by atoms with Crippen molar-refractivity contribution in [3.8, 4) is 5.69 Å². The van der Waals surface area contributed by atoms with Gasteiger partial charge < -0.3 is 10.6 Å². The molecule has 138 valence electrons. The van der Waals surface area contributed by atoms with E-state index >= 15 is 0 Å². The highest BCUT2D eigenvalue weighted by atomic mass is 16.2. The number of amides is 3. The summed E-state index contributed by atoms with van der Waals surface area (Å²) in [7, 11) is 0. The van der Waals surface area contributed by atoms with Crippen LogP contribution in [0.4, 0.5) is 5.82 Å². The van der Waals surface area contributed by atoms with Gasteiger partial charge in [-0.25, -0.2) is 0 Å². The van der Waals surface area contributed by atoms with Crippen molar-refractivity contribution >= 4 is 23.5 Å². The van der Waals surface area contributed by atoms with E-state index in [0.717, 1.165) is 43.0 Å². The third-order valence-electron chi connectivity index (χ3n) is 4.97. The molecule has 0 aliphatic carbocycles. The van der Waals surface area contributed by atoms with Gasteiger partial charge >= 0.3 is 0 Å². The van der Waals surface area contributed by atoms with Gasteiger partial charge in [0.25, 0.3) is 23.3 Å². The monoisotopic (exact) mass is 366 g/mol. The maximum atomic E-state index is 12.6. The van der Waals surface area contributed by atoms with E-state index < -0.39 is 17.4 Å². The van der Waals surface area contributed by atoms with E-state index in [1.165, 1.54) is 0 Å². The smallest absolute Gasteiger partial charge is 0.262 e. The summed E-state index contributed by atoms with van der Waals surface area (Å²) in [4.78, 5) is 50.5. The largest absolute Gasteiger partial charge is 0.384 e. The van der Waals surface area contributed by atoms with Gasteiger partial charge in [-0.05, 0) is 43.5 Å². The van der Waals surface area contributed by atoms with Gasteiger partial charge in [-0.3, -0.25) is 29.1 Å². The van der Waals surface area contributed by atoms with Gasteiger partial charge in [0.1, 0.15) is 5.82 Å². The van der Waals surface area contributed by atoms with E-state index in [1.807, 2.05) is 4.90 Å². The van der Waals surface area contributed by atoms with Gasteiger partial charge in [-0.1, -0.05) is 0 Å². The van der Waals surface area contributed by atoms with Crippen molar-refractivity contribution in [1.82, 2.24) is 14.8 Å². The summed E-state index contributed by atoms with van der Waals surface area (Å²) < 4.78 is 1.16. The Morgan fingerprint density at radius 1 is 0.963 bits per heavy atom. The van der Waals surface area contributed by atoms with Crippen molar-refractivity contribution in [1.29, 1.82) is 0 Å². The maximum absolute atomic E-state index is 12.6. The second-order valence-electron chi connectivity index (χ2n) is 6.67. The molecule has 1 saturated heterocycles. The first-order valence-electron chi connectivity index (χ1n) is 8.78. The Kier molecular flexibility index (Phi) is 4.02. The molecule has 8 nitrogen and oxygen atoms in total. The van der Waals surface area contributed by atoms with Crippen LogP contribution in [0, 0.1) is 0 Å². The number of likely N-dealkylation sites (tertiary alicyclic amines) is 1. The molecule has 2 aromatic rings. The first kappa shape index (κ1) is 17.0. The molecule has 1 aromatic heterocycles. The van der Waals surface area contributed by atoms with Crippen molar-refractivity contribution in [2.75, 3.05) is 18.8 Å². The Labute approximate surface area is 154 Å². The molecule has 8 heteroatoms. The number of nitrogens with zero attached hydrogens (tertiary/aromatic N) is 2. The van der Waals surface area contributed by atoms with Crippen molar-refractivity contribution in [3.63, 3.8) is 0 Å². The zero-order valence-electron chi connectivity index (χ0n) is 14.5. The number of piperidine rings is 1. The van der Waals surface area contributed by atoms with Crippen LogP contribution in [-0.2, 0) is 0 Å². The number of imide groups is 1. The summed E-state index contributed by atoms with van der Waals surface area (Å²) in [5.41, 5.74) is 6.41. The molecule has 3 N–H and O–H groups in total. The second kappa shape index (κ2) is 6.39. The molecule has 3 heterocycles. The SMILES string of the molecule is Nc1c2c(cc(=O)n1-c1ccc(C(=O)N3CCCCC3)cc1)C(=O)NC2=O. The summed E-state index contributed by atoms with van der Waals surface area (Å²) in [6.07, 6.45) is 3.15. The van der Waals surface area contributed by atoms with Crippen LogP contribution in [0.5, 0.6) is 0 Å². The standard InChI is InChI=1S/C19H18N4O4/c20-16-15-13(17(25)21-18(15)26)10-14(24)23(16)12-6-4-11(5-7-12)19(27)22-8-2-1-3-9-22/h4-7,10H,1-3,8-9,20H2,(H,21,25,26). The number of carbonyl (C=O) groups excluding carboxylic acids is 3. The number of fused-ring (bicyclic) bond motifs is 1. The zero-order valence-corrected chi connectivity index (χ0v) is 14.5. The quantitative estimate of drug-likeness (QED) is 0.768. The van der Waals surface area contributed by atoms with Gasteiger partial charge in [0.05, 0.1) is 16.8 Å². The van der Waals surface area contributed by atoms with Crippen LogP contribution in [0.2, 0.25) is 0 Å². The number of pyridine rings is 1. The number of carbonyl (C=O) groups is 3. The Bertz CT molecular complexity index is 1020. The minimum absolute atomic E-state index is 0.00642. The van der Waals surface area contributed by atoms with E-state index in [1.54, 1.807) is 24.3 Å². The first-order chi connectivity index (χ1) is 13.0. The third-order valence-corrected chi connectivity index (χ3v) is 4.97. The molecule has 1 fully saturated rings. The number of nitrogen functional groups attached to an aromatic ring is 1. The molecule has 0 radical (unpaired) electrons. The lowest BCUT2D eigenvalue weighted by molar-refractivity contribution is 0.0723. The number of rotatable bonds is 2. The lowest BCUT2D eigenvalue weighted by atomic mass is 10.1. The number of anilines is 1. The van der Waals surface area contributed by atoms with E-state index in [2.05, 4.69) is 5.32 Å². The average Bonchev–Trinajstić information content (AvgIpc) is 2.96. The van der Waals surface area contributed by atoms with Gasteiger partial charge in [0, 0.05) is 24.7 Å². The predicted octanol–water partition coefficient (Wildman–Crippen LogP) is 0.929. The molecule has 0 saturated carbocycles. The molecule has 3 amide bonds.